The van der Waals surface area contributed by atoms with Gasteiger partial charge in [-0.15, -0.1) is 0 Å². The number of ether oxygens (including phenoxy) is 1. The van der Waals surface area contributed by atoms with Crippen LogP contribution in [0.4, 0.5) is 5.82 Å². The van der Waals surface area contributed by atoms with Crippen molar-refractivity contribution in [1.82, 2.24) is 4.98 Å². The average molecular weight is 248 g/mol. The van der Waals surface area contributed by atoms with E-state index in [1.807, 2.05) is 6.92 Å². The van der Waals surface area contributed by atoms with Gasteiger partial charge in [-0.2, -0.15) is 0 Å². The third-order valence-corrected chi connectivity index (χ3v) is 3.71. The molecule has 2 atom stereocenters. The minimum atomic E-state index is -1.45. The average Bonchev–Trinajstić information content (AvgIpc) is 2.68. The Morgan fingerprint density at radius 1 is 1.33 bits per heavy atom. The molecular weight excluding hydrogens is 231 g/mol. The number of morpholine rings is 1. The molecule has 2 unspecified atom stereocenters. The number of anilines is 1. The van der Waals surface area contributed by atoms with Crippen LogP contribution in [-0.4, -0.2) is 47.4 Å². The highest BCUT2D eigenvalue weighted by molar-refractivity contribution is 6.58. The molecule has 6 heteroatoms. The zero-order valence-electron chi connectivity index (χ0n) is 10.4. The van der Waals surface area contributed by atoms with Crippen LogP contribution in [0.15, 0.2) is 12.3 Å². The molecule has 2 saturated heterocycles. The number of hydrogen-bond acceptors (Lipinski definition) is 5. The van der Waals surface area contributed by atoms with Crippen LogP contribution in [0.3, 0.4) is 0 Å². The predicted octanol–water partition coefficient (Wildman–Crippen LogP) is -0.563. The van der Waals surface area contributed by atoms with Crippen molar-refractivity contribution in [2.24, 2.45) is 0 Å². The van der Waals surface area contributed by atoms with Crippen LogP contribution < -0.4 is 10.4 Å². The minimum Gasteiger partial charge on any atom is -0.423 e. The van der Waals surface area contributed by atoms with Gasteiger partial charge >= 0.3 is 7.12 Å². The standard InChI is InChI=1S/C12H17BN2O3/c1-8-4-9(13(16)17)5-14-12(8)15-6-10-2-3-11(7-15)18-10/h4-5,10-11,16-17H,2-3,6-7H2,1H3. The van der Waals surface area contributed by atoms with Crippen LogP contribution in [0.2, 0.25) is 0 Å². The fourth-order valence-corrected chi connectivity index (χ4v) is 2.85. The molecule has 2 aliphatic rings. The third-order valence-electron chi connectivity index (χ3n) is 3.71. The van der Waals surface area contributed by atoms with E-state index in [0.29, 0.717) is 17.7 Å². The highest BCUT2D eigenvalue weighted by atomic mass is 16.5. The van der Waals surface area contributed by atoms with Crippen LogP contribution in [0.5, 0.6) is 0 Å². The van der Waals surface area contributed by atoms with E-state index < -0.39 is 7.12 Å². The Hall–Kier alpha value is -1.11. The molecule has 96 valence electrons. The first-order valence-corrected chi connectivity index (χ1v) is 6.36. The molecule has 2 N–H and O–H groups in total. The largest absolute Gasteiger partial charge is 0.490 e. The van der Waals surface area contributed by atoms with Gasteiger partial charge in [-0.25, -0.2) is 4.98 Å². The topological polar surface area (TPSA) is 65.8 Å². The maximum atomic E-state index is 9.13. The zero-order valence-corrected chi connectivity index (χ0v) is 10.4. The highest BCUT2D eigenvalue weighted by Crippen LogP contribution is 2.29. The van der Waals surface area contributed by atoms with E-state index in [1.54, 1.807) is 6.07 Å². The molecule has 1 aromatic rings. The maximum Gasteiger partial charge on any atom is 0.490 e. The first-order valence-electron chi connectivity index (χ1n) is 6.36. The van der Waals surface area contributed by atoms with Gasteiger partial charge in [0.25, 0.3) is 0 Å². The van der Waals surface area contributed by atoms with Crippen LogP contribution in [0, 0.1) is 6.92 Å². The van der Waals surface area contributed by atoms with Crippen molar-refractivity contribution in [1.29, 1.82) is 0 Å². The van der Waals surface area contributed by atoms with Crippen LogP contribution in [0.1, 0.15) is 18.4 Å². The van der Waals surface area contributed by atoms with E-state index in [2.05, 4.69) is 9.88 Å². The summed E-state index contributed by atoms with van der Waals surface area (Å²) in [6.45, 7) is 3.71. The van der Waals surface area contributed by atoms with Gasteiger partial charge in [-0.3, -0.25) is 0 Å². The molecule has 0 amide bonds. The summed E-state index contributed by atoms with van der Waals surface area (Å²) < 4.78 is 5.80. The smallest absolute Gasteiger partial charge is 0.423 e. The van der Waals surface area contributed by atoms with E-state index in [0.717, 1.165) is 37.3 Å². The second-order valence-electron chi connectivity index (χ2n) is 5.15. The predicted molar refractivity (Wildman–Crippen MR) is 68.9 cm³/mol. The van der Waals surface area contributed by atoms with Crippen molar-refractivity contribution in [3.05, 3.63) is 17.8 Å². The molecule has 2 fully saturated rings. The molecule has 3 heterocycles. The molecule has 0 saturated carbocycles. The zero-order chi connectivity index (χ0) is 12.7. The van der Waals surface area contributed by atoms with Gasteiger partial charge in [-0.1, -0.05) is 6.07 Å². The summed E-state index contributed by atoms with van der Waals surface area (Å²) in [5, 5.41) is 18.3. The fourth-order valence-electron chi connectivity index (χ4n) is 2.85. The molecular formula is C12H17BN2O3. The maximum absolute atomic E-state index is 9.13. The van der Waals surface area contributed by atoms with E-state index >= 15 is 0 Å². The molecule has 5 nitrogen and oxygen atoms in total. The Labute approximate surface area is 107 Å². The summed E-state index contributed by atoms with van der Waals surface area (Å²) in [5.41, 5.74) is 1.41. The summed E-state index contributed by atoms with van der Waals surface area (Å²) in [4.78, 5) is 6.61. The Balaban J connectivity index is 1.84. The number of nitrogens with zero attached hydrogens (tertiary/aromatic N) is 2. The Bertz CT molecular complexity index is 443. The molecule has 0 spiro atoms. The summed E-state index contributed by atoms with van der Waals surface area (Å²) in [7, 11) is -1.45. The first kappa shape index (κ1) is 12.0. The van der Waals surface area contributed by atoms with Gasteiger partial charge < -0.3 is 19.7 Å². The Morgan fingerprint density at radius 3 is 2.56 bits per heavy atom. The van der Waals surface area contributed by atoms with Crippen molar-refractivity contribution >= 4 is 18.4 Å². The van der Waals surface area contributed by atoms with E-state index in [1.165, 1.54) is 6.20 Å². The summed E-state index contributed by atoms with van der Waals surface area (Å²) in [6.07, 6.45) is 4.45. The van der Waals surface area contributed by atoms with Crippen molar-refractivity contribution < 1.29 is 14.8 Å². The summed E-state index contributed by atoms with van der Waals surface area (Å²) in [6, 6.07) is 1.78. The Morgan fingerprint density at radius 2 is 2.00 bits per heavy atom. The monoisotopic (exact) mass is 248 g/mol. The number of fused-ring (bicyclic) bond motifs is 2. The summed E-state index contributed by atoms with van der Waals surface area (Å²) in [5.74, 6) is 0.930. The van der Waals surface area contributed by atoms with Crippen molar-refractivity contribution in [3.63, 3.8) is 0 Å². The van der Waals surface area contributed by atoms with Crippen molar-refractivity contribution in [2.45, 2.75) is 32.0 Å². The molecule has 18 heavy (non-hydrogen) atoms. The highest BCUT2D eigenvalue weighted by Gasteiger charge is 2.34. The number of hydrogen-bond donors (Lipinski definition) is 2. The quantitative estimate of drug-likeness (QED) is 0.686. The molecule has 2 aliphatic heterocycles. The van der Waals surface area contributed by atoms with Crippen LogP contribution in [-0.2, 0) is 4.74 Å². The van der Waals surface area contributed by atoms with Gasteiger partial charge in [0.15, 0.2) is 0 Å². The number of rotatable bonds is 2. The third kappa shape index (κ3) is 2.11. The lowest BCUT2D eigenvalue weighted by Crippen LogP contribution is -2.43. The van der Waals surface area contributed by atoms with Gasteiger partial charge in [0, 0.05) is 24.7 Å². The summed E-state index contributed by atoms with van der Waals surface area (Å²) >= 11 is 0. The lowest BCUT2D eigenvalue weighted by molar-refractivity contribution is 0.0302. The SMILES string of the molecule is Cc1cc(B(O)O)cnc1N1CC2CCC(C1)O2. The van der Waals surface area contributed by atoms with Gasteiger partial charge in [-0.05, 0) is 25.3 Å². The number of aryl methyl sites for hydroxylation is 1. The van der Waals surface area contributed by atoms with Crippen molar-refractivity contribution in [2.75, 3.05) is 18.0 Å². The minimum absolute atomic E-state index is 0.327. The molecule has 1 aromatic heterocycles. The second-order valence-corrected chi connectivity index (χ2v) is 5.15. The van der Waals surface area contributed by atoms with E-state index in [9.17, 15) is 0 Å². The normalized spacial score (nSPS) is 26.5. The van der Waals surface area contributed by atoms with Crippen LogP contribution in [0.25, 0.3) is 0 Å². The van der Waals surface area contributed by atoms with E-state index in [4.69, 9.17) is 14.8 Å². The van der Waals surface area contributed by atoms with Gasteiger partial charge in [0.2, 0.25) is 0 Å². The molecule has 0 radical (unpaired) electrons. The second kappa shape index (κ2) is 4.53. The molecule has 0 aromatic carbocycles. The number of aromatic nitrogens is 1. The van der Waals surface area contributed by atoms with E-state index in [-0.39, 0.29) is 0 Å². The lowest BCUT2D eigenvalue weighted by Gasteiger charge is -2.33. The molecule has 0 aliphatic carbocycles. The fraction of sp³-hybridized carbons (Fsp3) is 0.583. The number of pyridine rings is 1. The van der Waals surface area contributed by atoms with Gasteiger partial charge in [0.05, 0.1) is 12.2 Å². The Kier molecular flexibility index (Phi) is 3.01. The van der Waals surface area contributed by atoms with Crippen LogP contribution >= 0.6 is 0 Å². The molecule has 2 bridgehead atoms. The van der Waals surface area contributed by atoms with Gasteiger partial charge in [0.1, 0.15) is 5.82 Å². The molecule has 3 rings (SSSR count). The lowest BCUT2D eigenvalue weighted by atomic mass is 9.81. The first-order chi connectivity index (χ1) is 8.63. The van der Waals surface area contributed by atoms with Crippen molar-refractivity contribution in [3.8, 4) is 0 Å².